The van der Waals surface area contributed by atoms with Crippen molar-refractivity contribution in [2.24, 2.45) is 5.84 Å². The fourth-order valence-electron chi connectivity index (χ4n) is 2.25. The van der Waals surface area contributed by atoms with Gasteiger partial charge in [0.1, 0.15) is 23.3 Å². The summed E-state index contributed by atoms with van der Waals surface area (Å²) in [4.78, 5) is 0. The fraction of sp³-hybridized carbons (Fsp3) is 0.500. The van der Waals surface area contributed by atoms with Gasteiger partial charge in [-0.25, -0.2) is 5.43 Å². The SMILES string of the molecule is CCCn1ncc(OC)c1C(NN)c1ccc(CC)o1. The van der Waals surface area contributed by atoms with Crippen LogP contribution < -0.4 is 16.0 Å². The van der Waals surface area contributed by atoms with Crippen LogP contribution in [0.1, 0.15) is 43.5 Å². The van der Waals surface area contributed by atoms with Gasteiger partial charge in [-0.15, -0.1) is 0 Å². The summed E-state index contributed by atoms with van der Waals surface area (Å²) in [5, 5.41) is 4.35. The highest BCUT2D eigenvalue weighted by atomic mass is 16.5. The molecule has 0 spiro atoms. The zero-order valence-corrected chi connectivity index (χ0v) is 12.2. The summed E-state index contributed by atoms with van der Waals surface area (Å²) >= 11 is 0. The first kappa shape index (κ1) is 14.6. The average molecular weight is 278 g/mol. The zero-order valence-electron chi connectivity index (χ0n) is 12.2. The van der Waals surface area contributed by atoms with Crippen LogP contribution in [0.2, 0.25) is 0 Å². The van der Waals surface area contributed by atoms with Crippen LogP contribution in [-0.4, -0.2) is 16.9 Å². The molecule has 20 heavy (non-hydrogen) atoms. The Labute approximate surface area is 118 Å². The van der Waals surface area contributed by atoms with Crippen molar-refractivity contribution < 1.29 is 9.15 Å². The average Bonchev–Trinajstić information content (AvgIpc) is 3.08. The second-order valence-corrected chi connectivity index (χ2v) is 4.58. The topological polar surface area (TPSA) is 78.2 Å². The van der Waals surface area contributed by atoms with Gasteiger partial charge >= 0.3 is 0 Å². The normalized spacial score (nSPS) is 12.6. The Morgan fingerprint density at radius 3 is 2.80 bits per heavy atom. The third-order valence-corrected chi connectivity index (χ3v) is 3.26. The van der Waals surface area contributed by atoms with Crippen molar-refractivity contribution in [3.63, 3.8) is 0 Å². The van der Waals surface area contributed by atoms with E-state index in [0.717, 1.165) is 36.6 Å². The summed E-state index contributed by atoms with van der Waals surface area (Å²) in [6.45, 7) is 4.96. The molecule has 0 bridgehead atoms. The molecular weight excluding hydrogens is 256 g/mol. The standard InChI is InChI=1S/C14H22N4O2/c1-4-8-18-14(12(19-3)9-16-18)13(17-15)11-7-6-10(5-2)20-11/h6-7,9,13,17H,4-5,8,15H2,1-3H3. The molecule has 2 heterocycles. The number of nitrogens with one attached hydrogen (secondary N) is 1. The molecule has 6 nitrogen and oxygen atoms in total. The second-order valence-electron chi connectivity index (χ2n) is 4.58. The first-order chi connectivity index (χ1) is 9.74. The molecule has 2 rings (SSSR count). The lowest BCUT2D eigenvalue weighted by Crippen LogP contribution is -2.30. The molecule has 0 saturated heterocycles. The first-order valence-electron chi connectivity index (χ1n) is 6.89. The van der Waals surface area contributed by atoms with Crippen molar-refractivity contribution in [3.8, 4) is 5.75 Å². The minimum Gasteiger partial charge on any atom is -0.493 e. The smallest absolute Gasteiger partial charge is 0.162 e. The molecule has 1 atom stereocenters. The minimum atomic E-state index is -0.278. The molecule has 6 heteroatoms. The number of rotatable bonds is 7. The Morgan fingerprint density at radius 1 is 1.45 bits per heavy atom. The van der Waals surface area contributed by atoms with Gasteiger partial charge in [-0.2, -0.15) is 5.10 Å². The summed E-state index contributed by atoms with van der Waals surface area (Å²) in [6, 6.07) is 3.62. The van der Waals surface area contributed by atoms with Gasteiger partial charge in [0, 0.05) is 13.0 Å². The van der Waals surface area contributed by atoms with Gasteiger partial charge in [0.2, 0.25) is 0 Å². The maximum Gasteiger partial charge on any atom is 0.162 e. The predicted molar refractivity (Wildman–Crippen MR) is 76.3 cm³/mol. The first-order valence-corrected chi connectivity index (χ1v) is 6.89. The number of hydrogen-bond acceptors (Lipinski definition) is 5. The zero-order chi connectivity index (χ0) is 14.5. The maximum absolute atomic E-state index is 5.80. The van der Waals surface area contributed by atoms with Crippen LogP contribution in [-0.2, 0) is 13.0 Å². The molecule has 0 saturated carbocycles. The quantitative estimate of drug-likeness (QED) is 0.598. The highest BCUT2D eigenvalue weighted by Crippen LogP contribution is 2.30. The third kappa shape index (κ3) is 2.71. The molecule has 0 radical (unpaired) electrons. The highest BCUT2D eigenvalue weighted by molar-refractivity contribution is 5.33. The van der Waals surface area contributed by atoms with Crippen LogP contribution in [0, 0.1) is 0 Å². The molecular formula is C14H22N4O2. The lowest BCUT2D eigenvalue weighted by molar-refractivity contribution is 0.376. The Morgan fingerprint density at radius 2 is 2.25 bits per heavy atom. The molecule has 0 fully saturated rings. The van der Waals surface area contributed by atoms with Crippen molar-refractivity contribution in [2.45, 2.75) is 39.3 Å². The van der Waals surface area contributed by atoms with Crippen molar-refractivity contribution in [1.29, 1.82) is 0 Å². The molecule has 0 amide bonds. The maximum atomic E-state index is 5.80. The minimum absolute atomic E-state index is 0.278. The highest BCUT2D eigenvalue weighted by Gasteiger charge is 2.25. The number of ether oxygens (including phenoxy) is 1. The van der Waals surface area contributed by atoms with Gasteiger partial charge in [0.25, 0.3) is 0 Å². The van der Waals surface area contributed by atoms with Gasteiger partial charge in [-0.1, -0.05) is 13.8 Å². The van der Waals surface area contributed by atoms with Gasteiger partial charge < -0.3 is 9.15 Å². The van der Waals surface area contributed by atoms with Gasteiger partial charge in [-0.05, 0) is 18.6 Å². The fourth-order valence-corrected chi connectivity index (χ4v) is 2.25. The van der Waals surface area contributed by atoms with E-state index in [4.69, 9.17) is 15.0 Å². The van der Waals surface area contributed by atoms with E-state index in [0.29, 0.717) is 5.75 Å². The predicted octanol–water partition coefficient (Wildman–Crippen LogP) is 2.01. The van der Waals surface area contributed by atoms with Crippen LogP contribution in [0.15, 0.2) is 22.7 Å². The molecule has 0 aliphatic rings. The Bertz CT molecular complexity index is 547. The third-order valence-electron chi connectivity index (χ3n) is 3.26. The van der Waals surface area contributed by atoms with E-state index in [9.17, 15) is 0 Å². The molecule has 0 aromatic carbocycles. The number of furan rings is 1. The second kappa shape index (κ2) is 6.58. The molecule has 3 N–H and O–H groups in total. The van der Waals surface area contributed by atoms with Gasteiger partial charge in [0.05, 0.1) is 13.3 Å². The Balaban J connectivity index is 2.41. The molecule has 110 valence electrons. The summed E-state index contributed by atoms with van der Waals surface area (Å²) < 4.78 is 13.1. The van der Waals surface area contributed by atoms with E-state index < -0.39 is 0 Å². The monoisotopic (exact) mass is 278 g/mol. The summed E-state index contributed by atoms with van der Waals surface area (Å²) in [5.74, 6) is 8.13. The van der Waals surface area contributed by atoms with E-state index in [1.807, 2.05) is 16.8 Å². The van der Waals surface area contributed by atoms with Crippen LogP contribution in [0.3, 0.4) is 0 Å². The summed E-state index contributed by atoms with van der Waals surface area (Å²) in [6.07, 6.45) is 3.54. The number of nitrogens with two attached hydrogens (primary N) is 1. The van der Waals surface area contributed by atoms with Crippen LogP contribution in [0.25, 0.3) is 0 Å². The molecule has 0 aliphatic carbocycles. The van der Waals surface area contributed by atoms with Crippen LogP contribution in [0.5, 0.6) is 5.75 Å². The van der Waals surface area contributed by atoms with Crippen molar-refractivity contribution in [2.75, 3.05) is 7.11 Å². The molecule has 2 aromatic heterocycles. The lowest BCUT2D eigenvalue weighted by Gasteiger charge is -2.17. The Kier molecular flexibility index (Phi) is 4.81. The number of hydrazine groups is 1. The van der Waals surface area contributed by atoms with E-state index >= 15 is 0 Å². The number of aromatic nitrogens is 2. The molecule has 0 aliphatic heterocycles. The number of aryl methyl sites for hydroxylation is 2. The molecule has 2 aromatic rings. The number of hydrogen-bond donors (Lipinski definition) is 2. The summed E-state index contributed by atoms with van der Waals surface area (Å²) in [7, 11) is 1.63. The van der Waals surface area contributed by atoms with Crippen molar-refractivity contribution in [3.05, 3.63) is 35.5 Å². The largest absolute Gasteiger partial charge is 0.493 e. The van der Waals surface area contributed by atoms with Crippen molar-refractivity contribution in [1.82, 2.24) is 15.2 Å². The van der Waals surface area contributed by atoms with E-state index in [1.165, 1.54) is 0 Å². The lowest BCUT2D eigenvalue weighted by atomic mass is 10.1. The van der Waals surface area contributed by atoms with E-state index in [1.54, 1.807) is 13.3 Å². The van der Waals surface area contributed by atoms with Gasteiger partial charge in [-0.3, -0.25) is 10.5 Å². The van der Waals surface area contributed by atoms with Crippen LogP contribution >= 0.6 is 0 Å². The van der Waals surface area contributed by atoms with Gasteiger partial charge in [0.15, 0.2) is 5.75 Å². The molecule has 1 unspecified atom stereocenters. The van der Waals surface area contributed by atoms with E-state index in [-0.39, 0.29) is 6.04 Å². The van der Waals surface area contributed by atoms with E-state index in [2.05, 4.69) is 24.4 Å². The number of methoxy groups -OCH3 is 1. The Hall–Kier alpha value is -1.79. The van der Waals surface area contributed by atoms with Crippen LogP contribution in [0.4, 0.5) is 0 Å². The van der Waals surface area contributed by atoms with Crippen molar-refractivity contribution >= 4 is 0 Å². The summed E-state index contributed by atoms with van der Waals surface area (Å²) in [5.41, 5.74) is 3.68. The number of nitrogens with zero attached hydrogens (tertiary/aromatic N) is 2.